The van der Waals surface area contributed by atoms with E-state index in [0.29, 0.717) is 31.5 Å². The molecular formula is C11H10N2O4. The van der Waals surface area contributed by atoms with Gasteiger partial charge in [0, 0.05) is 18.6 Å². The van der Waals surface area contributed by atoms with E-state index in [1.165, 1.54) is 12.1 Å². The van der Waals surface area contributed by atoms with Gasteiger partial charge in [-0.25, -0.2) is 0 Å². The molecule has 0 saturated heterocycles. The molecule has 0 atom stereocenters. The predicted octanol–water partition coefficient (Wildman–Crippen LogP) is 2.09. The summed E-state index contributed by atoms with van der Waals surface area (Å²) in [6, 6.07) is 5.78. The molecule has 0 radical (unpaired) electrons. The van der Waals surface area contributed by atoms with Gasteiger partial charge in [-0.1, -0.05) is 0 Å². The summed E-state index contributed by atoms with van der Waals surface area (Å²) in [6.45, 7) is 0.298. The summed E-state index contributed by atoms with van der Waals surface area (Å²) in [4.78, 5) is 20.7. The van der Waals surface area contributed by atoms with Gasteiger partial charge in [-0.05, 0) is 12.5 Å². The number of hydrogen-bond donors (Lipinski definition) is 0. The number of unbranched alkanes of at least 4 members (excludes halogenated alkanes) is 1. The standard InChI is InChI=1S/C11H10N2O4/c12-5-1-2-6-17-11-4-3-10(13(15)16)7-9(11)8-14/h3-4,7-8H,1-2,6H2. The summed E-state index contributed by atoms with van der Waals surface area (Å²) in [6.07, 6.45) is 1.42. The number of nitro benzene ring substituents is 1. The van der Waals surface area contributed by atoms with Crippen LogP contribution in [0.3, 0.4) is 0 Å². The van der Waals surface area contributed by atoms with E-state index in [9.17, 15) is 14.9 Å². The summed E-state index contributed by atoms with van der Waals surface area (Å²) in [5, 5.41) is 18.8. The fourth-order valence-electron chi connectivity index (χ4n) is 1.21. The Balaban J connectivity index is 2.76. The molecule has 0 saturated carbocycles. The van der Waals surface area contributed by atoms with E-state index in [-0.39, 0.29) is 11.3 Å². The molecule has 0 aromatic heterocycles. The lowest BCUT2D eigenvalue weighted by Gasteiger charge is -2.06. The lowest BCUT2D eigenvalue weighted by molar-refractivity contribution is -0.384. The number of carbonyl (C=O) groups excluding carboxylic acids is 1. The lowest BCUT2D eigenvalue weighted by atomic mass is 10.2. The van der Waals surface area contributed by atoms with Crippen molar-refractivity contribution in [3.63, 3.8) is 0 Å². The van der Waals surface area contributed by atoms with Crippen LogP contribution in [0.15, 0.2) is 18.2 Å². The average molecular weight is 234 g/mol. The van der Waals surface area contributed by atoms with Crippen LogP contribution >= 0.6 is 0 Å². The van der Waals surface area contributed by atoms with Crippen molar-refractivity contribution in [3.05, 3.63) is 33.9 Å². The van der Waals surface area contributed by atoms with Gasteiger partial charge >= 0.3 is 0 Å². The summed E-state index contributed by atoms with van der Waals surface area (Å²) in [5.41, 5.74) is -0.0207. The summed E-state index contributed by atoms with van der Waals surface area (Å²) in [7, 11) is 0. The lowest BCUT2D eigenvalue weighted by Crippen LogP contribution is -2.00. The number of non-ortho nitro benzene ring substituents is 1. The molecule has 6 heteroatoms. The fourth-order valence-corrected chi connectivity index (χ4v) is 1.21. The van der Waals surface area contributed by atoms with E-state index < -0.39 is 4.92 Å². The van der Waals surface area contributed by atoms with Gasteiger partial charge < -0.3 is 4.74 Å². The van der Waals surface area contributed by atoms with Crippen molar-refractivity contribution < 1.29 is 14.5 Å². The van der Waals surface area contributed by atoms with Crippen LogP contribution in [0.5, 0.6) is 5.75 Å². The Labute approximate surface area is 97.6 Å². The summed E-state index contributed by atoms with van der Waals surface area (Å²) < 4.78 is 5.26. The molecule has 0 bridgehead atoms. The number of nitrogens with zero attached hydrogens (tertiary/aromatic N) is 2. The van der Waals surface area contributed by atoms with Gasteiger partial charge in [-0.3, -0.25) is 14.9 Å². The van der Waals surface area contributed by atoms with Crippen LogP contribution in [0, 0.1) is 21.4 Å². The smallest absolute Gasteiger partial charge is 0.270 e. The summed E-state index contributed by atoms with van der Waals surface area (Å²) >= 11 is 0. The SMILES string of the molecule is N#CCCCOc1ccc([N+](=O)[O-])cc1C=O. The quantitative estimate of drug-likeness (QED) is 0.325. The molecule has 1 aromatic carbocycles. The van der Waals surface area contributed by atoms with Crippen molar-refractivity contribution in [3.8, 4) is 11.8 Å². The van der Waals surface area contributed by atoms with Crippen molar-refractivity contribution >= 4 is 12.0 Å². The Bertz CT molecular complexity index is 465. The first-order chi connectivity index (χ1) is 8.19. The number of ether oxygens (including phenoxy) is 1. The monoisotopic (exact) mass is 234 g/mol. The molecule has 0 amide bonds. The molecule has 0 unspecified atom stereocenters. The van der Waals surface area contributed by atoms with E-state index in [1.54, 1.807) is 0 Å². The van der Waals surface area contributed by atoms with Crippen molar-refractivity contribution in [2.24, 2.45) is 0 Å². The van der Waals surface area contributed by atoms with Crippen molar-refractivity contribution in [2.45, 2.75) is 12.8 Å². The first kappa shape index (κ1) is 12.6. The van der Waals surface area contributed by atoms with Crippen molar-refractivity contribution in [1.29, 1.82) is 5.26 Å². The Morgan fingerprint density at radius 1 is 1.53 bits per heavy atom. The highest BCUT2D eigenvalue weighted by Crippen LogP contribution is 2.22. The molecule has 0 aliphatic carbocycles. The minimum Gasteiger partial charge on any atom is -0.493 e. The molecule has 1 rings (SSSR count). The minimum atomic E-state index is -0.577. The number of nitriles is 1. The first-order valence-electron chi connectivity index (χ1n) is 4.92. The first-order valence-corrected chi connectivity index (χ1v) is 4.92. The Morgan fingerprint density at radius 3 is 2.88 bits per heavy atom. The molecule has 0 aliphatic rings. The van der Waals surface area contributed by atoms with Crippen molar-refractivity contribution in [2.75, 3.05) is 6.61 Å². The zero-order valence-electron chi connectivity index (χ0n) is 8.96. The molecule has 0 spiro atoms. The molecule has 6 nitrogen and oxygen atoms in total. The maximum atomic E-state index is 10.7. The number of nitro groups is 1. The molecule has 0 fully saturated rings. The third kappa shape index (κ3) is 3.57. The zero-order chi connectivity index (χ0) is 12.7. The third-order valence-corrected chi connectivity index (χ3v) is 2.02. The fraction of sp³-hybridized carbons (Fsp3) is 0.273. The van der Waals surface area contributed by atoms with E-state index in [4.69, 9.17) is 10.00 Å². The van der Waals surface area contributed by atoms with Crippen LogP contribution in [0.4, 0.5) is 5.69 Å². The summed E-state index contributed by atoms with van der Waals surface area (Å²) in [5.74, 6) is 0.295. The van der Waals surface area contributed by atoms with E-state index in [1.807, 2.05) is 6.07 Å². The maximum absolute atomic E-state index is 10.7. The van der Waals surface area contributed by atoms with Crippen LogP contribution in [0.25, 0.3) is 0 Å². The van der Waals surface area contributed by atoms with Gasteiger partial charge in [0.05, 0.1) is 23.2 Å². The highest BCUT2D eigenvalue weighted by Gasteiger charge is 2.10. The van der Waals surface area contributed by atoms with Gasteiger partial charge in [0.25, 0.3) is 5.69 Å². The number of rotatable bonds is 6. The third-order valence-electron chi connectivity index (χ3n) is 2.02. The second-order valence-electron chi connectivity index (χ2n) is 3.21. The molecule has 0 N–H and O–H groups in total. The Morgan fingerprint density at radius 2 is 2.29 bits per heavy atom. The molecular weight excluding hydrogens is 224 g/mol. The Hall–Kier alpha value is -2.42. The zero-order valence-corrected chi connectivity index (χ0v) is 8.96. The van der Waals surface area contributed by atoms with E-state index >= 15 is 0 Å². The highest BCUT2D eigenvalue weighted by atomic mass is 16.6. The predicted molar refractivity (Wildman–Crippen MR) is 58.8 cm³/mol. The van der Waals surface area contributed by atoms with Gasteiger partial charge in [-0.2, -0.15) is 5.26 Å². The number of aldehydes is 1. The van der Waals surface area contributed by atoms with Gasteiger partial charge in [-0.15, -0.1) is 0 Å². The van der Waals surface area contributed by atoms with Crippen LogP contribution in [0.1, 0.15) is 23.2 Å². The average Bonchev–Trinajstić information content (AvgIpc) is 2.34. The molecule has 88 valence electrons. The van der Waals surface area contributed by atoms with Crippen LogP contribution < -0.4 is 4.74 Å². The number of benzene rings is 1. The number of hydrogen-bond acceptors (Lipinski definition) is 5. The second kappa shape index (κ2) is 6.23. The molecule has 0 aliphatic heterocycles. The van der Waals surface area contributed by atoms with Crippen LogP contribution in [-0.2, 0) is 0 Å². The Kier molecular flexibility index (Phi) is 4.63. The van der Waals surface area contributed by atoms with Crippen molar-refractivity contribution in [1.82, 2.24) is 0 Å². The molecule has 0 heterocycles. The van der Waals surface area contributed by atoms with Gasteiger partial charge in [0.1, 0.15) is 5.75 Å². The van der Waals surface area contributed by atoms with E-state index in [0.717, 1.165) is 6.07 Å². The minimum absolute atomic E-state index is 0.135. The molecule has 1 aromatic rings. The topological polar surface area (TPSA) is 93.2 Å². The molecule has 17 heavy (non-hydrogen) atoms. The highest BCUT2D eigenvalue weighted by molar-refractivity contribution is 5.80. The van der Waals surface area contributed by atoms with Crippen LogP contribution in [0.2, 0.25) is 0 Å². The second-order valence-corrected chi connectivity index (χ2v) is 3.21. The van der Waals surface area contributed by atoms with Gasteiger partial charge in [0.2, 0.25) is 0 Å². The largest absolute Gasteiger partial charge is 0.493 e. The number of carbonyl (C=O) groups is 1. The van der Waals surface area contributed by atoms with E-state index in [2.05, 4.69) is 0 Å². The van der Waals surface area contributed by atoms with Gasteiger partial charge in [0.15, 0.2) is 6.29 Å². The maximum Gasteiger partial charge on any atom is 0.270 e. The normalized spacial score (nSPS) is 9.35. The van der Waals surface area contributed by atoms with Crippen LogP contribution in [-0.4, -0.2) is 17.8 Å².